The summed E-state index contributed by atoms with van der Waals surface area (Å²) in [5, 5.41) is 9.03. The number of aryl methyl sites for hydroxylation is 1. The highest BCUT2D eigenvalue weighted by Gasteiger charge is 2.32. The average molecular weight is 325 g/mol. The van der Waals surface area contributed by atoms with Crippen LogP contribution in [-0.4, -0.2) is 54.3 Å². The summed E-state index contributed by atoms with van der Waals surface area (Å²) in [5.74, 6) is -1.55. The van der Waals surface area contributed by atoms with E-state index < -0.39 is 17.9 Å². The third-order valence-electron chi connectivity index (χ3n) is 3.73. The molecule has 0 spiro atoms. The topological polar surface area (TPSA) is 76.1 Å². The van der Waals surface area contributed by atoms with Gasteiger partial charge in [-0.15, -0.1) is 0 Å². The van der Waals surface area contributed by atoms with Gasteiger partial charge in [0.2, 0.25) is 5.91 Å². The number of morpholine rings is 1. The van der Waals surface area contributed by atoms with Gasteiger partial charge < -0.3 is 19.5 Å². The van der Waals surface area contributed by atoms with Crippen LogP contribution < -0.4 is 4.74 Å². The minimum Gasteiger partial charge on any atom is -0.494 e. The Bertz CT molecular complexity index is 592. The van der Waals surface area contributed by atoms with Crippen molar-refractivity contribution in [2.24, 2.45) is 0 Å². The van der Waals surface area contributed by atoms with Crippen LogP contribution in [0, 0.1) is 5.82 Å². The number of benzene rings is 1. The van der Waals surface area contributed by atoms with E-state index in [-0.39, 0.29) is 30.7 Å². The number of halogens is 1. The maximum Gasteiger partial charge on any atom is 0.334 e. The second kappa shape index (κ2) is 7.41. The van der Waals surface area contributed by atoms with Crippen molar-refractivity contribution in [2.45, 2.75) is 32.0 Å². The van der Waals surface area contributed by atoms with Crippen molar-refractivity contribution < 1.29 is 28.6 Å². The van der Waals surface area contributed by atoms with E-state index in [0.717, 1.165) is 0 Å². The summed E-state index contributed by atoms with van der Waals surface area (Å²) in [7, 11) is 1.39. The Balaban J connectivity index is 1.93. The molecule has 0 radical (unpaired) electrons. The van der Waals surface area contributed by atoms with Gasteiger partial charge in [-0.1, -0.05) is 6.07 Å². The van der Waals surface area contributed by atoms with Crippen LogP contribution in [0.2, 0.25) is 0 Å². The van der Waals surface area contributed by atoms with Crippen molar-refractivity contribution in [3.8, 4) is 5.75 Å². The quantitative estimate of drug-likeness (QED) is 0.887. The molecule has 1 fully saturated rings. The molecule has 7 heteroatoms. The summed E-state index contributed by atoms with van der Waals surface area (Å²) in [6, 6.07) is 4.57. The number of amides is 1. The van der Waals surface area contributed by atoms with Gasteiger partial charge in [0.1, 0.15) is 0 Å². The Morgan fingerprint density at radius 2 is 2.17 bits per heavy atom. The van der Waals surface area contributed by atoms with E-state index in [1.807, 2.05) is 0 Å². The van der Waals surface area contributed by atoms with Gasteiger partial charge in [-0.3, -0.25) is 4.79 Å². The first-order valence-corrected chi connectivity index (χ1v) is 7.39. The molecule has 1 aromatic carbocycles. The van der Waals surface area contributed by atoms with E-state index in [2.05, 4.69) is 0 Å². The average Bonchev–Trinajstić information content (AvgIpc) is 2.52. The molecule has 1 amide bonds. The number of hydrogen-bond donors (Lipinski definition) is 1. The van der Waals surface area contributed by atoms with E-state index in [4.69, 9.17) is 14.6 Å². The van der Waals surface area contributed by atoms with Crippen molar-refractivity contribution in [3.63, 3.8) is 0 Å². The molecule has 6 nitrogen and oxygen atoms in total. The van der Waals surface area contributed by atoms with Gasteiger partial charge in [-0.2, -0.15) is 0 Å². The van der Waals surface area contributed by atoms with Gasteiger partial charge in [0, 0.05) is 13.0 Å². The highest BCUT2D eigenvalue weighted by Crippen LogP contribution is 2.19. The Morgan fingerprint density at radius 1 is 1.43 bits per heavy atom. The molecule has 1 aromatic rings. The van der Waals surface area contributed by atoms with Crippen LogP contribution in [0.3, 0.4) is 0 Å². The molecule has 0 saturated carbocycles. The fraction of sp³-hybridized carbons (Fsp3) is 0.500. The Hall–Kier alpha value is -2.15. The predicted octanol–water partition coefficient (Wildman–Crippen LogP) is 1.47. The number of aliphatic carboxylic acids is 1. The van der Waals surface area contributed by atoms with Gasteiger partial charge in [-0.05, 0) is 31.0 Å². The Kier molecular flexibility index (Phi) is 5.54. The largest absolute Gasteiger partial charge is 0.494 e. The standard InChI is InChI=1S/C16H20FNO5/c1-10-8-18(9-14(23-10)16(20)21)15(19)6-4-11-3-5-13(22-2)12(17)7-11/h3,5,7,10,14H,4,6,8-9H2,1-2H3,(H,20,21)/t10-,14?/m1/s1. The molecule has 2 atom stereocenters. The molecule has 23 heavy (non-hydrogen) atoms. The van der Waals surface area contributed by atoms with Crippen LogP contribution in [0.15, 0.2) is 18.2 Å². The number of carbonyl (C=O) groups is 2. The molecule has 0 aromatic heterocycles. The molecule has 0 aliphatic carbocycles. The second-order valence-electron chi connectivity index (χ2n) is 5.54. The van der Waals surface area contributed by atoms with Crippen LogP contribution in [0.5, 0.6) is 5.75 Å². The van der Waals surface area contributed by atoms with Crippen molar-refractivity contribution in [1.82, 2.24) is 4.90 Å². The van der Waals surface area contributed by atoms with E-state index >= 15 is 0 Å². The fourth-order valence-corrected chi connectivity index (χ4v) is 2.57. The molecule has 126 valence electrons. The van der Waals surface area contributed by atoms with E-state index in [9.17, 15) is 14.0 Å². The molecule has 1 saturated heterocycles. The zero-order chi connectivity index (χ0) is 17.0. The number of carboxylic acid groups (broad SMARTS) is 1. The van der Waals surface area contributed by atoms with Crippen molar-refractivity contribution in [1.29, 1.82) is 0 Å². The SMILES string of the molecule is COc1ccc(CCC(=O)N2CC(C(=O)O)O[C@H](C)C2)cc1F. The summed E-state index contributed by atoms with van der Waals surface area (Å²) in [6.45, 7) is 2.13. The zero-order valence-corrected chi connectivity index (χ0v) is 13.1. The molecule has 2 rings (SSSR count). The van der Waals surface area contributed by atoms with Crippen molar-refractivity contribution in [2.75, 3.05) is 20.2 Å². The lowest BCUT2D eigenvalue weighted by molar-refractivity contribution is -0.166. The predicted molar refractivity (Wildman–Crippen MR) is 79.8 cm³/mol. The number of rotatable bonds is 5. The Morgan fingerprint density at radius 3 is 2.78 bits per heavy atom. The van der Waals surface area contributed by atoms with E-state index in [0.29, 0.717) is 18.5 Å². The van der Waals surface area contributed by atoms with E-state index in [1.165, 1.54) is 24.1 Å². The summed E-state index contributed by atoms with van der Waals surface area (Å²) < 4.78 is 23.7. The summed E-state index contributed by atoms with van der Waals surface area (Å²) in [5.41, 5.74) is 0.688. The summed E-state index contributed by atoms with van der Waals surface area (Å²) >= 11 is 0. The minimum absolute atomic E-state index is 0.0372. The lowest BCUT2D eigenvalue weighted by Gasteiger charge is -2.35. The fourth-order valence-electron chi connectivity index (χ4n) is 2.57. The number of ether oxygens (including phenoxy) is 2. The number of nitrogens with zero attached hydrogens (tertiary/aromatic N) is 1. The van der Waals surface area contributed by atoms with Gasteiger partial charge in [0.15, 0.2) is 17.7 Å². The monoisotopic (exact) mass is 325 g/mol. The normalized spacial score (nSPS) is 21.1. The molecule has 1 heterocycles. The highest BCUT2D eigenvalue weighted by atomic mass is 19.1. The third-order valence-corrected chi connectivity index (χ3v) is 3.73. The van der Waals surface area contributed by atoms with Crippen molar-refractivity contribution in [3.05, 3.63) is 29.6 Å². The van der Waals surface area contributed by atoms with Crippen molar-refractivity contribution >= 4 is 11.9 Å². The number of carbonyl (C=O) groups excluding carboxylic acids is 1. The smallest absolute Gasteiger partial charge is 0.334 e. The van der Waals surface area contributed by atoms with Crippen LogP contribution in [0.1, 0.15) is 18.9 Å². The Labute approximate surface area is 133 Å². The summed E-state index contributed by atoms with van der Waals surface area (Å²) in [6.07, 6.45) is -0.762. The number of hydrogen-bond acceptors (Lipinski definition) is 4. The van der Waals surface area contributed by atoms with E-state index in [1.54, 1.807) is 13.0 Å². The first-order valence-electron chi connectivity index (χ1n) is 7.39. The van der Waals surface area contributed by atoms with Gasteiger partial charge in [0.25, 0.3) is 0 Å². The first kappa shape index (κ1) is 17.2. The molecular weight excluding hydrogens is 305 g/mol. The van der Waals surface area contributed by atoms with Crippen LogP contribution in [0.4, 0.5) is 4.39 Å². The molecule has 1 aliphatic heterocycles. The van der Waals surface area contributed by atoms with Crippen LogP contribution in [0.25, 0.3) is 0 Å². The van der Waals surface area contributed by atoms with Gasteiger partial charge in [-0.25, -0.2) is 9.18 Å². The lowest BCUT2D eigenvalue weighted by Crippen LogP contribution is -2.51. The van der Waals surface area contributed by atoms with Gasteiger partial charge in [0.05, 0.1) is 19.8 Å². The number of carboxylic acids is 1. The maximum absolute atomic E-state index is 13.6. The second-order valence-corrected chi connectivity index (χ2v) is 5.54. The highest BCUT2D eigenvalue weighted by molar-refractivity contribution is 5.79. The van der Waals surface area contributed by atoms with Crippen LogP contribution >= 0.6 is 0 Å². The first-order chi connectivity index (χ1) is 10.9. The minimum atomic E-state index is -1.08. The summed E-state index contributed by atoms with van der Waals surface area (Å²) in [4.78, 5) is 24.8. The lowest BCUT2D eigenvalue weighted by atomic mass is 10.1. The molecule has 1 unspecified atom stereocenters. The van der Waals surface area contributed by atoms with Gasteiger partial charge >= 0.3 is 5.97 Å². The molecule has 1 N–H and O–H groups in total. The van der Waals surface area contributed by atoms with Crippen LogP contribution in [-0.2, 0) is 20.7 Å². The molecule has 1 aliphatic rings. The number of methoxy groups -OCH3 is 1. The zero-order valence-electron chi connectivity index (χ0n) is 13.1. The molecular formula is C16H20FNO5. The third kappa shape index (κ3) is 4.41. The molecule has 0 bridgehead atoms. The maximum atomic E-state index is 13.6.